The maximum Gasteiger partial charge on any atom is 0.331 e. The van der Waals surface area contributed by atoms with Gasteiger partial charge in [0.05, 0.1) is 6.10 Å². The van der Waals surface area contributed by atoms with E-state index in [4.69, 9.17) is 4.74 Å². The topological polar surface area (TPSA) is 46.5 Å². The zero-order valence-electron chi connectivity index (χ0n) is 8.47. The molecule has 16 heavy (non-hydrogen) atoms. The minimum Gasteiger partial charge on any atom is -0.452 e. The molecule has 1 aliphatic heterocycles. The summed E-state index contributed by atoms with van der Waals surface area (Å²) < 4.78 is 5.87. The van der Waals surface area contributed by atoms with Gasteiger partial charge in [0.1, 0.15) is 6.10 Å². The third kappa shape index (κ3) is 2.51. The van der Waals surface area contributed by atoms with Gasteiger partial charge < -0.3 is 9.84 Å². The second-order valence-corrected chi connectivity index (χ2v) is 4.48. The van der Waals surface area contributed by atoms with Gasteiger partial charge >= 0.3 is 5.97 Å². The molecular formula is C12H11BrO3. The number of rotatable bonds is 3. The van der Waals surface area contributed by atoms with Crippen LogP contribution in [0.4, 0.5) is 0 Å². The summed E-state index contributed by atoms with van der Waals surface area (Å²) in [4.78, 5) is 10.8. The van der Waals surface area contributed by atoms with Crippen LogP contribution in [0, 0.1) is 0 Å². The van der Waals surface area contributed by atoms with Crippen molar-refractivity contribution in [2.24, 2.45) is 0 Å². The molecule has 0 amide bonds. The van der Waals surface area contributed by atoms with Gasteiger partial charge in [0.25, 0.3) is 0 Å². The summed E-state index contributed by atoms with van der Waals surface area (Å²) in [6, 6.07) is 7.66. The van der Waals surface area contributed by atoms with Gasteiger partial charge in [0.2, 0.25) is 0 Å². The molecule has 0 saturated carbocycles. The highest BCUT2D eigenvalue weighted by molar-refractivity contribution is 9.10. The van der Waals surface area contributed by atoms with Crippen LogP contribution in [0.1, 0.15) is 5.56 Å². The molecule has 0 bridgehead atoms. The van der Waals surface area contributed by atoms with Gasteiger partial charge in [0.15, 0.2) is 0 Å². The molecule has 0 aliphatic carbocycles. The lowest BCUT2D eigenvalue weighted by atomic mass is 10.0. The molecule has 1 aromatic carbocycles. The van der Waals surface area contributed by atoms with Crippen LogP contribution < -0.4 is 0 Å². The summed E-state index contributed by atoms with van der Waals surface area (Å²) in [5.41, 5.74) is 0.992. The van der Waals surface area contributed by atoms with Gasteiger partial charge in [0, 0.05) is 17.0 Å². The fraction of sp³-hybridized carbons (Fsp3) is 0.250. The molecule has 0 spiro atoms. The highest BCUT2D eigenvalue weighted by Crippen LogP contribution is 2.20. The van der Waals surface area contributed by atoms with Crippen molar-refractivity contribution < 1.29 is 14.6 Å². The van der Waals surface area contributed by atoms with Gasteiger partial charge in [-0.25, -0.2) is 4.79 Å². The maximum absolute atomic E-state index is 10.8. The fourth-order valence-corrected chi connectivity index (χ4v) is 2.04. The van der Waals surface area contributed by atoms with E-state index in [1.54, 1.807) is 6.08 Å². The van der Waals surface area contributed by atoms with E-state index >= 15 is 0 Å². The molecule has 0 aromatic heterocycles. The molecule has 0 saturated heterocycles. The van der Waals surface area contributed by atoms with E-state index in [-0.39, 0.29) is 0 Å². The van der Waals surface area contributed by atoms with E-state index in [1.807, 2.05) is 24.3 Å². The number of aliphatic hydroxyl groups excluding tert-OH is 1. The molecule has 0 fully saturated rings. The molecule has 4 heteroatoms. The summed E-state index contributed by atoms with van der Waals surface area (Å²) in [5.74, 6) is -0.392. The van der Waals surface area contributed by atoms with Crippen molar-refractivity contribution in [3.8, 4) is 0 Å². The Bertz CT molecular complexity index is 428. The number of cyclic esters (lactones) is 1. The molecule has 1 aliphatic rings. The van der Waals surface area contributed by atoms with E-state index < -0.39 is 18.2 Å². The fourth-order valence-electron chi connectivity index (χ4n) is 1.60. The average molecular weight is 283 g/mol. The van der Waals surface area contributed by atoms with E-state index in [0.29, 0.717) is 6.42 Å². The second kappa shape index (κ2) is 4.80. The molecule has 2 atom stereocenters. The van der Waals surface area contributed by atoms with Crippen LogP contribution in [0.5, 0.6) is 0 Å². The lowest BCUT2D eigenvalue weighted by molar-refractivity contribution is -0.142. The Kier molecular flexibility index (Phi) is 3.41. The Morgan fingerprint density at radius 1 is 1.44 bits per heavy atom. The van der Waals surface area contributed by atoms with E-state index in [1.165, 1.54) is 6.08 Å². The van der Waals surface area contributed by atoms with Crippen LogP contribution in [0.25, 0.3) is 0 Å². The Hall–Kier alpha value is -1.13. The number of carbonyl (C=O) groups excluding carboxylic acids is 1. The van der Waals surface area contributed by atoms with Gasteiger partial charge in [-0.3, -0.25) is 0 Å². The van der Waals surface area contributed by atoms with Crippen LogP contribution in [0.3, 0.4) is 0 Å². The van der Waals surface area contributed by atoms with Gasteiger partial charge in [-0.15, -0.1) is 0 Å². The molecule has 2 rings (SSSR count). The van der Waals surface area contributed by atoms with Crippen molar-refractivity contribution in [1.82, 2.24) is 0 Å². The predicted octanol–water partition coefficient (Wildman–Crippen LogP) is 1.83. The first-order chi connectivity index (χ1) is 7.66. The number of ether oxygens (including phenoxy) is 1. The maximum atomic E-state index is 10.8. The lowest BCUT2D eigenvalue weighted by Crippen LogP contribution is -2.27. The summed E-state index contributed by atoms with van der Waals surface area (Å²) in [6.07, 6.45) is 2.14. The number of esters is 1. The van der Waals surface area contributed by atoms with Crippen molar-refractivity contribution in [2.75, 3.05) is 0 Å². The summed E-state index contributed by atoms with van der Waals surface area (Å²) in [5, 5.41) is 9.90. The molecular weight excluding hydrogens is 272 g/mol. The smallest absolute Gasteiger partial charge is 0.331 e. The normalized spacial score (nSPS) is 20.9. The quantitative estimate of drug-likeness (QED) is 0.861. The first kappa shape index (κ1) is 11.4. The van der Waals surface area contributed by atoms with Gasteiger partial charge in [-0.05, 0) is 17.7 Å². The number of hydrogen-bond acceptors (Lipinski definition) is 3. The third-order valence-corrected chi connectivity index (χ3v) is 3.21. The number of carbonyl (C=O) groups is 1. The molecule has 1 heterocycles. The number of aliphatic hydroxyl groups is 1. The van der Waals surface area contributed by atoms with Crippen molar-refractivity contribution in [3.05, 3.63) is 46.5 Å². The van der Waals surface area contributed by atoms with E-state index in [9.17, 15) is 9.90 Å². The molecule has 3 nitrogen and oxygen atoms in total. The largest absolute Gasteiger partial charge is 0.452 e. The first-order valence-corrected chi connectivity index (χ1v) is 5.76. The van der Waals surface area contributed by atoms with E-state index in [0.717, 1.165) is 10.0 Å². The summed E-state index contributed by atoms with van der Waals surface area (Å²) in [6.45, 7) is 0. The summed E-state index contributed by atoms with van der Waals surface area (Å²) in [7, 11) is 0. The van der Waals surface area contributed by atoms with Gasteiger partial charge in [-0.1, -0.05) is 34.1 Å². The Morgan fingerprint density at radius 3 is 2.81 bits per heavy atom. The third-order valence-electron chi connectivity index (χ3n) is 2.44. The van der Waals surface area contributed by atoms with Crippen molar-refractivity contribution in [1.29, 1.82) is 0 Å². The highest BCUT2D eigenvalue weighted by Gasteiger charge is 2.25. The Labute approximate surface area is 102 Å². The predicted molar refractivity (Wildman–Crippen MR) is 62.9 cm³/mol. The average Bonchev–Trinajstić information content (AvgIpc) is 2.68. The highest BCUT2D eigenvalue weighted by atomic mass is 79.9. The summed E-state index contributed by atoms with van der Waals surface area (Å²) >= 11 is 3.41. The van der Waals surface area contributed by atoms with Crippen LogP contribution in [0.15, 0.2) is 40.9 Å². The molecule has 1 N–H and O–H groups in total. The Balaban J connectivity index is 2.03. The monoisotopic (exact) mass is 282 g/mol. The Morgan fingerprint density at radius 2 is 2.19 bits per heavy atom. The van der Waals surface area contributed by atoms with Gasteiger partial charge in [-0.2, -0.15) is 0 Å². The van der Waals surface area contributed by atoms with Crippen molar-refractivity contribution in [3.63, 3.8) is 0 Å². The zero-order chi connectivity index (χ0) is 11.5. The molecule has 0 unspecified atom stereocenters. The number of hydrogen-bond donors (Lipinski definition) is 1. The lowest BCUT2D eigenvalue weighted by Gasteiger charge is -2.16. The second-order valence-electron chi connectivity index (χ2n) is 3.62. The molecule has 0 radical (unpaired) electrons. The van der Waals surface area contributed by atoms with Crippen LogP contribution in [-0.2, 0) is 16.0 Å². The van der Waals surface area contributed by atoms with Crippen LogP contribution >= 0.6 is 15.9 Å². The minimum atomic E-state index is -0.707. The number of benzene rings is 1. The van der Waals surface area contributed by atoms with Crippen molar-refractivity contribution >= 4 is 21.9 Å². The molecule has 1 aromatic rings. The minimum absolute atomic E-state index is 0.392. The van der Waals surface area contributed by atoms with Crippen molar-refractivity contribution in [2.45, 2.75) is 18.6 Å². The van der Waals surface area contributed by atoms with Crippen LogP contribution in [-0.4, -0.2) is 23.3 Å². The van der Waals surface area contributed by atoms with E-state index in [2.05, 4.69) is 15.9 Å². The SMILES string of the molecule is O=C1C=C[C@@H]([C@H](O)Cc2ccccc2Br)O1. The number of halogens is 1. The standard InChI is InChI=1S/C12H11BrO3/c13-9-4-2-1-3-8(9)7-10(14)11-5-6-12(15)16-11/h1-6,10-11,14H,7H2/t10-,11+/m1/s1. The zero-order valence-corrected chi connectivity index (χ0v) is 10.1. The van der Waals surface area contributed by atoms with Crippen LogP contribution in [0.2, 0.25) is 0 Å². The molecule has 84 valence electrons. The first-order valence-electron chi connectivity index (χ1n) is 4.97.